The largest absolute Gasteiger partial charge is 0.368 e. The quantitative estimate of drug-likeness (QED) is 0.748. The molecule has 1 nitrogen and oxygen atoms in total. The van der Waals surface area contributed by atoms with E-state index in [-0.39, 0.29) is 0 Å². The number of rotatable bonds is 5. The lowest BCUT2D eigenvalue weighted by atomic mass is 10.3. The molecule has 1 aromatic rings. The summed E-state index contributed by atoms with van der Waals surface area (Å²) >= 11 is 15.0. The van der Waals surface area contributed by atoms with Crippen molar-refractivity contribution in [1.29, 1.82) is 0 Å². The van der Waals surface area contributed by atoms with E-state index < -0.39 is 0 Å². The molecule has 1 aromatic carbocycles. The molecule has 0 amide bonds. The molecule has 0 spiro atoms. The number of hydrogen-bond acceptors (Lipinski definition) is 1. The number of anilines is 1. The first-order valence-electron chi connectivity index (χ1n) is 4.41. The second kappa shape index (κ2) is 6.54. The van der Waals surface area contributed by atoms with Crippen LogP contribution in [0.2, 0.25) is 0 Å². The number of nitrogens with zero attached hydrogens (tertiary/aromatic N) is 1. The molecule has 0 unspecified atom stereocenters. The van der Waals surface area contributed by atoms with Crippen LogP contribution in [0.3, 0.4) is 0 Å². The maximum Gasteiger partial charge on any atom is 0.0511 e. The predicted octanol–water partition coefficient (Wildman–Crippen LogP) is 3.73. The molecule has 0 radical (unpaired) electrons. The Morgan fingerprint density at radius 1 is 1.07 bits per heavy atom. The number of alkyl halides is 2. The Bertz CT molecular complexity index is 275. The van der Waals surface area contributed by atoms with Gasteiger partial charge in [-0.05, 0) is 28.1 Å². The summed E-state index contributed by atoms with van der Waals surface area (Å²) in [6, 6.07) is 8.08. The number of hydrogen-bond donors (Lipinski definition) is 0. The van der Waals surface area contributed by atoms with Gasteiger partial charge < -0.3 is 4.90 Å². The Balaban J connectivity index is 2.81. The third kappa shape index (κ3) is 3.34. The van der Waals surface area contributed by atoms with Crippen molar-refractivity contribution >= 4 is 44.8 Å². The molecule has 1 rings (SSSR count). The molecule has 0 fully saturated rings. The van der Waals surface area contributed by atoms with Gasteiger partial charge in [0.1, 0.15) is 0 Å². The molecule has 14 heavy (non-hydrogen) atoms. The minimum Gasteiger partial charge on any atom is -0.368 e. The van der Waals surface area contributed by atoms with Crippen LogP contribution in [0.15, 0.2) is 28.7 Å². The zero-order valence-electron chi connectivity index (χ0n) is 7.72. The first kappa shape index (κ1) is 12.2. The van der Waals surface area contributed by atoms with Gasteiger partial charge in [0, 0.05) is 29.3 Å². The summed E-state index contributed by atoms with van der Waals surface area (Å²) in [5, 5.41) is 0. The third-order valence-corrected chi connectivity index (χ3v) is 2.91. The van der Waals surface area contributed by atoms with Gasteiger partial charge in [-0.15, -0.1) is 23.2 Å². The van der Waals surface area contributed by atoms with Gasteiger partial charge in [-0.1, -0.05) is 12.1 Å². The Morgan fingerprint density at radius 3 is 2.14 bits per heavy atom. The van der Waals surface area contributed by atoms with Crippen LogP contribution >= 0.6 is 39.1 Å². The Kier molecular flexibility index (Phi) is 5.68. The molecule has 0 aliphatic rings. The first-order valence-corrected chi connectivity index (χ1v) is 6.27. The van der Waals surface area contributed by atoms with E-state index in [9.17, 15) is 0 Å². The van der Waals surface area contributed by atoms with Crippen LogP contribution in [0.5, 0.6) is 0 Å². The first-order chi connectivity index (χ1) is 6.79. The summed E-state index contributed by atoms with van der Waals surface area (Å²) in [5.41, 5.74) is 1.15. The van der Waals surface area contributed by atoms with Crippen molar-refractivity contribution in [2.45, 2.75) is 0 Å². The molecular weight excluding hydrogens is 285 g/mol. The summed E-state index contributed by atoms with van der Waals surface area (Å²) < 4.78 is 1.08. The monoisotopic (exact) mass is 295 g/mol. The molecule has 0 aromatic heterocycles. The zero-order chi connectivity index (χ0) is 10.4. The lowest BCUT2D eigenvalue weighted by Crippen LogP contribution is -2.27. The van der Waals surface area contributed by atoms with Crippen LogP contribution in [-0.4, -0.2) is 24.8 Å². The van der Waals surface area contributed by atoms with Crippen LogP contribution in [-0.2, 0) is 0 Å². The summed E-state index contributed by atoms with van der Waals surface area (Å²) in [7, 11) is 0. The van der Waals surface area contributed by atoms with Gasteiger partial charge in [0.15, 0.2) is 0 Å². The molecule has 0 bridgehead atoms. The van der Waals surface area contributed by atoms with Crippen LogP contribution in [0, 0.1) is 0 Å². The number of para-hydroxylation sites is 1. The van der Waals surface area contributed by atoms with Crippen molar-refractivity contribution < 1.29 is 0 Å². The van der Waals surface area contributed by atoms with E-state index in [2.05, 4.69) is 26.9 Å². The SMILES string of the molecule is ClCCN(CCCl)c1ccccc1Br. The van der Waals surface area contributed by atoms with Crippen LogP contribution < -0.4 is 4.90 Å². The van der Waals surface area contributed by atoms with E-state index in [0.29, 0.717) is 11.8 Å². The highest BCUT2D eigenvalue weighted by Gasteiger charge is 2.07. The molecule has 0 aliphatic carbocycles. The van der Waals surface area contributed by atoms with Gasteiger partial charge in [0.05, 0.1) is 5.69 Å². The highest BCUT2D eigenvalue weighted by molar-refractivity contribution is 9.10. The second-order valence-electron chi connectivity index (χ2n) is 2.82. The fraction of sp³-hybridized carbons (Fsp3) is 0.400. The number of benzene rings is 1. The van der Waals surface area contributed by atoms with Crippen LogP contribution in [0.25, 0.3) is 0 Å². The van der Waals surface area contributed by atoms with E-state index in [0.717, 1.165) is 23.2 Å². The van der Waals surface area contributed by atoms with Gasteiger partial charge in [0.25, 0.3) is 0 Å². The molecular formula is C10H12BrCl2N. The molecule has 0 N–H and O–H groups in total. The molecule has 0 aliphatic heterocycles. The van der Waals surface area contributed by atoms with Crippen molar-refractivity contribution in [3.05, 3.63) is 28.7 Å². The van der Waals surface area contributed by atoms with Gasteiger partial charge in [-0.25, -0.2) is 0 Å². The highest BCUT2D eigenvalue weighted by atomic mass is 79.9. The molecule has 4 heteroatoms. The van der Waals surface area contributed by atoms with E-state index in [1.165, 1.54) is 0 Å². The van der Waals surface area contributed by atoms with Crippen molar-refractivity contribution in [3.8, 4) is 0 Å². The van der Waals surface area contributed by atoms with Gasteiger partial charge in [-0.3, -0.25) is 0 Å². The molecule has 78 valence electrons. The second-order valence-corrected chi connectivity index (χ2v) is 4.43. The minimum absolute atomic E-state index is 0.609. The highest BCUT2D eigenvalue weighted by Crippen LogP contribution is 2.25. The average Bonchev–Trinajstić information content (AvgIpc) is 2.18. The van der Waals surface area contributed by atoms with Crippen LogP contribution in [0.4, 0.5) is 5.69 Å². The average molecular weight is 297 g/mol. The normalized spacial score (nSPS) is 10.2. The maximum atomic E-state index is 5.73. The van der Waals surface area contributed by atoms with Crippen molar-refractivity contribution in [3.63, 3.8) is 0 Å². The Labute approximate surface area is 103 Å². The summed E-state index contributed by atoms with van der Waals surface area (Å²) in [6.45, 7) is 1.63. The summed E-state index contributed by atoms with van der Waals surface area (Å²) in [5.74, 6) is 1.22. The molecule has 0 saturated carbocycles. The van der Waals surface area contributed by atoms with Gasteiger partial charge in [0.2, 0.25) is 0 Å². The van der Waals surface area contributed by atoms with Gasteiger partial charge >= 0.3 is 0 Å². The molecule has 0 saturated heterocycles. The van der Waals surface area contributed by atoms with E-state index in [1.54, 1.807) is 0 Å². The smallest absolute Gasteiger partial charge is 0.0511 e. The van der Waals surface area contributed by atoms with E-state index in [4.69, 9.17) is 23.2 Å². The fourth-order valence-corrected chi connectivity index (χ4v) is 2.21. The lowest BCUT2D eigenvalue weighted by Gasteiger charge is -2.23. The fourth-order valence-electron chi connectivity index (χ4n) is 1.26. The van der Waals surface area contributed by atoms with Crippen molar-refractivity contribution in [1.82, 2.24) is 0 Å². The molecule has 0 heterocycles. The van der Waals surface area contributed by atoms with Crippen molar-refractivity contribution in [2.75, 3.05) is 29.7 Å². The van der Waals surface area contributed by atoms with Gasteiger partial charge in [-0.2, -0.15) is 0 Å². The topological polar surface area (TPSA) is 3.24 Å². The Hall–Kier alpha value is 0.0800. The van der Waals surface area contributed by atoms with E-state index >= 15 is 0 Å². The van der Waals surface area contributed by atoms with Crippen molar-refractivity contribution in [2.24, 2.45) is 0 Å². The van der Waals surface area contributed by atoms with E-state index in [1.807, 2.05) is 18.2 Å². The lowest BCUT2D eigenvalue weighted by molar-refractivity contribution is 0.871. The zero-order valence-corrected chi connectivity index (χ0v) is 10.8. The number of halogens is 3. The standard InChI is InChI=1S/C10H12BrCl2N/c11-9-3-1-2-4-10(9)14(7-5-12)8-6-13/h1-4H,5-8H2. The predicted molar refractivity (Wildman–Crippen MR) is 67.8 cm³/mol. The Morgan fingerprint density at radius 2 is 1.64 bits per heavy atom. The summed E-state index contributed by atoms with van der Waals surface area (Å²) in [6.07, 6.45) is 0. The maximum absolute atomic E-state index is 5.73. The molecule has 0 atom stereocenters. The minimum atomic E-state index is 0.609. The third-order valence-electron chi connectivity index (χ3n) is 1.90. The summed E-state index contributed by atoms with van der Waals surface area (Å²) in [4.78, 5) is 2.17. The van der Waals surface area contributed by atoms with Crippen LogP contribution in [0.1, 0.15) is 0 Å².